The van der Waals surface area contributed by atoms with Crippen LogP contribution in [0.4, 0.5) is 0 Å². The Hall–Kier alpha value is 0.779. The molecule has 0 fully saturated rings. The van der Waals surface area contributed by atoms with Crippen molar-refractivity contribution in [1.82, 2.24) is 0 Å². The quantitative estimate of drug-likeness (QED) is 0.313. The summed E-state index contributed by atoms with van der Waals surface area (Å²) < 4.78 is 20.2. The molecule has 1 atom stereocenters. The Morgan fingerprint density at radius 3 is 1.50 bits per heavy atom. The molecule has 7 nitrogen and oxygen atoms in total. The predicted molar refractivity (Wildman–Crippen MR) is 35.0 cm³/mol. The van der Waals surface area contributed by atoms with E-state index in [4.69, 9.17) is 24.7 Å². The molecule has 5 N–H and O–H groups in total. The van der Waals surface area contributed by atoms with Gasteiger partial charge in [-0.15, -0.1) is 0 Å². The molecule has 0 spiro atoms. The Morgan fingerprint density at radius 1 is 1.08 bits per heavy atom. The van der Waals surface area contributed by atoms with E-state index < -0.39 is 27.2 Å². The van der Waals surface area contributed by atoms with Crippen molar-refractivity contribution >= 4 is 15.2 Å². The van der Waals surface area contributed by atoms with Gasteiger partial charge in [-0.25, -0.2) is 0 Å². The third-order valence-corrected chi connectivity index (χ3v) is 2.86. The van der Waals surface area contributed by atoms with Gasteiger partial charge in [-0.1, -0.05) is 0 Å². The number of hydrogen-bond acceptors (Lipinski definition) is 3. The molecule has 0 aromatic carbocycles. The fourth-order valence-electron chi connectivity index (χ4n) is 0.319. The van der Waals surface area contributed by atoms with Gasteiger partial charge in [0.25, 0.3) is 0 Å². The Bertz CT molecular complexity index is 215. The molecule has 0 rings (SSSR count). The van der Waals surface area contributed by atoms with Crippen molar-refractivity contribution in [2.45, 2.75) is 5.85 Å². The minimum Gasteiger partial charge on any atom is -0.380 e. The average molecular weight is 262 g/mol. The van der Waals surface area contributed by atoms with Gasteiger partial charge in [-0.3, -0.25) is 9.13 Å². The summed E-state index contributed by atoms with van der Waals surface area (Å²) in [4.78, 5) is 32.7. The topological polar surface area (TPSA) is 135 Å². The molecule has 76 valence electrons. The minimum absolute atomic E-state index is 0. The van der Waals surface area contributed by atoms with Crippen LogP contribution in [0.15, 0.2) is 0 Å². The molecule has 0 bridgehead atoms. The standard InChI is InChI=1S/C2H8O7P2.Fe/c3-2(11(7,8)9)1-10(4,5)6;/h2-3H,1H2,(H2,4,5,6)(H2,7,8,9);. The van der Waals surface area contributed by atoms with Crippen LogP contribution in [0.3, 0.4) is 0 Å². The first-order valence-electron chi connectivity index (χ1n) is 2.41. The van der Waals surface area contributed by atoms with Crippen LogP contribution >= 0.6 is 15.2 Å². The molecule has 0 aromatic heterocycles. The smallest absolute Gasteiger partial charge is 0.354 e. The van der Waals surface area contributed by atoms with Gasteiger partial charge in [-0.05, 0) is 0 Å². The zero-order valence-electron chi connectivity index (χ0n) is 5.59. The Balaban J connectivity index is 0. The molecule has 0 heterocycles. The number of rotatable bonds is 3. The molecule has 0 saturated carbocycles. The molecular formula is C2H8FeO7P2. The van der Waals surface area contributed by atoms with Gasteiger partial charge in [0.05, 0.1) is 6.16 Å². The van der Waals surface area contributed by atoms with E-state index in [1.165, 1.54) is 0 Å². The van der Waals surface area contributed by atoms with Gasteiger partial charge in [0.15, 0.2) is 5.85 Å². The molecule has 1 unspecified atom stereocenters. The first-order valence-corrected chi connectivity index (χ1v) is 5.89. The first-order chi connectivity index (χ1) is 4.63. The normalized spacial score (nSPS) is 15.1. The fourth-order valence-corrected chi connectivity index (χ4v) is 2.23. The van der Waals surface area contributed by atoms with Crippen LogP contribution in [0.25, 0.3) is 0 Å². The second kappa shape index (κ2) is 4.86. The van der Waals surface area contributed by atoms with E-state index in [1.807, 2.05) is 0 Å². The van der Waals surface area contributed by atoms with Crippen molar-refractivity contribution in [3.8, 4) is 0 Å². The van der Waals surface area contributed by atoms with E-state index in [0.29, 0.717) is 0 Å². The van der Waals surface area contributed by atoms with E-state index >= 15 is 0 Å². The molecule has 0 radical (unpaired) electrons. The summed E-state index contributed by atoms with van der Waals surface area (Å²) in [5, 5.41) is 8.47. The zero-order chi connectivity index (χ0) is 9.28. The first kappa shape index (κ1) is 15.3. The number of aliphatic hydroxyl groups excluding tert-OH is 1. The van der Waals surface area contributed by atoms with Crippen LogP contribution in [0.2, 0.25) is 0 Å². The molecule has 10 heteroatoms. The van der Waals surface area contributed by atoms with Gasteiger partial charge in [0.2, 0.25) is 0 Å². The third kappa shape index (κ3) is 7.43. The van der Waals surface area contributed by atoms with Crippen LogP contribution in [-0.2, 0) is 26.2 Å². The largest absolute Gasteiger partial charge is 0.380 e. The summed E-state index contributed by atoms with van der Waals surface area (Å²) in [6, 6.07) is 0. The van der Waals surface area contributed by atoms with Crippen LogP contribution in [0, 0.1) is 0 Å². The van der Waals surface area contributed by atoms with Crippen molar-refractivity contribution < 1.29 is 50.9 Å². The molecule has 0 aliphatic rings. The van der Waals surface area contributed by atoms with Crippen molar-refractivity contribution in [3.05, 3.63) is 0 Å². The second-order valence-corrected chi connectivity index (χ2v) is 5.39. The van der Waals surface area contributed by atoms with Crippen molar-refractivity contribution in [2.75, 3.05) is 6.16 Å². The average Bonchev–Trinajstić information content (AvgIpc) is 1.56. The van der Waals surface area contributed by atoms with Crippen LogP contribution in [-0.4, -0.2) is 36.7 Å². The van der Waals surface area contributed by atoms with Gasteiger partial charge < -0.3 is 24.7 Å². The molecule has 0 saturated heterocycles. The van der Waals surface area contributed by atoms with E-state index in [9.17, 15) is 9.13 Å². The van der Waals surface area contributed by atoms with Crippen LogP contribution < -0.4 is 0 Å². The van der Waals surface area contributed by atoms with Crippen molar-refractivity contribution in [2.24, 2.45) is 0 Å². The second-order valence-electron chi connectivity index (χ2n) is 1.92. The van der Waals surface area contributed by atoms with Crippen molar-refractivity contribution in [3.63, 3.8) is 0 Å². The van der Waals surface area contributed by atoms with E-state index in [0.717, 1.165) is 0 Å². The van der Waals surface area contributed by atoms with Crippen LogP contribution in [0.5, 0.6) is 0 Å². The molecule has 0 aliphatic heterocycles. The summed E-state index contributed by atoms with van der Waals surface area (Å²) in [7, 11) is -9.35. The van der Waals surface area contributed by atoms with Crippen molar-refractivity contribution in [1.29, 1.82) is 0 Å². The van der Waals surface area contributed by atoms with Gasteiger partial charge in [-0.2, -0.15) is 0 Å². The summed E-state index contributed by atoms with van der Waals surface area (Å²) >= 11 is 0. The van der Waals surface area contributed by atoms with Crippen LogP contribution in [0.1, 0.15) is 0 Å². The maximum atomic E-state index is 10.1. The van der Waals surface area contributed by atoms with E-state index in [1.54, 1.807) is 0 Å². The molecule has 0 aromatic rings. The third-order valence-electron chi connectivity index (χ3n) is 0.789. The molecule has 0 amide bonds. The van der Waals surface area contributed by atoms with Gasteiger partial charge in [0, 0.05) is 17.1 Å². The molecule has 0 aliphatic carbocycles. The Kier molecular flexibility index (Phi) is 6.18. The molecular weight excluding hydrogens is 254 g/mol. The zero-order valence-corrected chi connectivity index (χ0v) is 8.48. The number of aliphatic hydroxyl groups is 1. The summed E-state index contributed by atoms with van der Waals surface area (Å²) in [5.74, 6) is -2.29. The monoisotopic (exact) mass is 262 g/mol. The maximum Gasteiger partial charge on any atom is 0.354 e. The minimum atomic E-state index is -4.79. The molecule has 12 heavy (non-hydrogen) atoms. The van der Waals surface area contributed by atoms with Gasteiger partial charge in [0.1, 0.15) is 0 Å². The Labute approximate surface area is 78.6 Å². The van der Waals surface area contributed by atoms with Gasteiger partial charge >= 0.3 is 15.2 Å². The van der Waals surface area contributed by atoms with E-state index in [-0.39, 0.29) is 17.1 Å². The number of hydrogen-bond donors (Lipinski definition) is 5. The summed E-state index contributed by atoms with van der Waals surface area (Å²) in [6.07, 6.45) is -1.22. The summed E-state index contributed by atoms with van der Waals surface area (Å²) in [5.41, 5.74) is 0. The SMILES string of the molecule is O=P(O)(O)CC(O)P(=O)(O)O.[Fe]. The van der Waals surface area contributed by atoms with E-state index in [2.05, 4.69) is 0 Å². The fraction of sp³-hybridized carbons (Fsp3) is 1.00. The predicted octanol–water partition coefficient (Wildman–Crippen LogP) is -1.34. The Morgan fingerprint density at radius 2 is 1.42 bits per heavy atom. The maximum absolute atomic E-state index is 10.1. The summed E-state index contributed by atoms with van der Waals surface area (Å²) in [6.45, 7) is 0.